The van der Waals surface area contributed by atoms with Gasteiger partial charge in [0.1, 0.15) is 0 Å². The highest BCUT2D eigenvalue weighted by Gasteiger charge is 2.47. The molecule has 7 aromatic carbocycles. The Morgan fingerprint density at radius 1 is 0.658 bits per heavy atom. The molecular formula is C71H67NS. The summed E-state index contributed by atoms with van der Waals surface area (Å²) in [7, 11) is 0. The first-order valence-corrected chi connectivity index (χ1v) is 26.4. The lowest BCUT2D eigenvalue weighted by atomic mass is 9.67. The number of rotatable bonds is 13. The first kappa shape index (κ1) is 50.2. The molecule has 0 amide bonds. The fraction of sp³-hybridized carbons (Fsp3) is 0.155. The van der Waals surface area contributed by atoms with Gasteiger partial charge in [0.05, 0.1) is 5.41 Å². The zero-order valence-electron chi connectivity index (χ0n) is 43.9. The quantitative estimate of drug-likeness (QED) is 0.0822. The van der Waals surface area contributed by atoms with Gasteiger partial charge in [0, 0.05) is 43.2 Å². The van der Waals surface area contributed by atoms with Gasteiger partial charge in [0.15, 0.2) is 0 Å². The average Bonchev–Trinajstić information content (AvgIpc) is 4.00. The van der Waals surface area contributed by atoms with Crippen LogP contribution in [0.3, 0.4) is 0 Å². The number of hydrogen-bond donors (Lipinski definition) is 0. The number of nitrogens with zero attached hydrogens (tertiary/aromatic N) is 1. The molecule has 1 nitrogen and oxygen atoms in total. The van der Waals surface area contributed by atoms with Crippen LogP contribution in [0.5, 0.6) is 0 Å². The van der Waals surface area contributed by atoms with Crippen molar-refractivity contribution in [3.8, 4) is 33.4 Å². The Hall–Kier alpha value is -7.78. The van der Waals surface area contributed by atoms with Gasteiger partial charge in [-0.25, -0.2) is 0 Å². The van der Waals surface area contributed by atoms with Crippen LogP contribution in [-0.2, 0) is 10.8 Å². The molecule has 10 rings (SSSR count). The number of allylic oxidation sites excluding steroid dienone is 9. The Morgan fingerprint density at radius 2 is 1.33 bits per heavy atom. The SMILES string of the molecule is C=C.C=C/C=C\c1sc2c3c(ccc2c1C)C(/C(C)=C/C=C\C)(c1ccccc1)c1ccc(N(C(=C)C(/C=C\C)=C(/CC)c2ccccc2C)c2ccc(-c4ccc5c(c4)C(C)(C)c4ccccc4-5)cc2)cc1-3. The van der Waals surface area contributed by atoms with Crippen molar-refractivity contribution in [3.05, 3.63) is 287 Å². The summed E-state index contributed by atoms with van der Waals surface area (Å²) >= 11 is 1.88. The van der Waals surface area contributed by atoms with E-state index in [1.54, 1.807) is 0 Å². The summed E-state index contributed by atoms with van der Waals surface area (Å²) in [5, 5.41) is 1.28. The van der Waals surface area contributed by atoms with Crippen molar-refractivity contribution < 1.29 is 0 Å². The fourth-order valence-corrected chi connectivity index (χ4v) is 13.1. The number of fused-ring (bicyclic) bond motifs is 8. The lowest BCUT2D eigenvalue weighted by Gasteiger charge is -2.35. The number of thiophene rings is 1. The van der Waals surface area contributed by atoms with Crippen molar-refractivity contribution in [1.82, 2.24) is 0 Å². The summed E-state index contributed by atoms with van der Waals surface area (Å²) in [6.07, 6.45) is 18.0. The highest BCUT2D eigenvalue weighted by Crippen LogP contribution is 2.60. The summed E-state index contributed by atoms with van der Waals surface area (Å²) < 4.78 is 1.30. The molecule has 2 heteroatoms. The van der Waals surface area contributed by atoms with Crippen LogP contribution in [-0.4, -0.2) is 0 Å². The van der Waals surface area contributed by atoms with E-state index in [0.29, 0.717) is 0 Å². The van der Waals surface area contributed by atoms with Crippen molar-refractivity contribution in [1.29, 1.82) is 0 Å². The molecule has 73 heavy (non-hydrogen) atoms. The topological polar surface area (TPSA) is 3.24 Å². The van der Waals surface area contributed by atoms with Gasteiger partial charge < -0.3 is 4.90 Å². The number of aryl methyl sites for hydroxylation is 2. The first-order valence-electron chi connectivity index (χ1n) is 25.6. The van der Waals surface area contributed by atoms with Gasteiger partial charge >= 0.3 is 0 Å². The van der Waals surface area contributed by atoms with E-state index < -0.39 is 5.41 Å². The molecule has 2 aliphatic carbocycles. The van der Waals surface area contributed by atoms with E-state index >= 15 is 0 Å². The molecule has 362 valence electrons. The monoisotopic (exact) mass is 965 g/mol. The molecule has 1 unspecified atom stereocenters. The van der Waals surface area contributed by atoms with E-state index in [-0.39, 0.29) is 5.41 Å². The third-order valence-corrected chi connectivity index (χ3v) is 16.6. The van der Waals surface area contributed by atoms with E-state index in [1.807, 2.05) is 17.4 Å². The highest BCUT2D eigenvalue weighted by atomic mass is 32.1. The van der Waals surface area contributed by atoms with Crippen molar-refractivity contribution >= 4 is 44.4 Å². The van der Waals surface area contributed by atoms with Gasteiger partial charge in [0.2, 0.25) is 0 Å². The van der Waals surface area contributed by atoms with Gasteiger partial charge in [-0.2, -0.15) is 0 Å². The molecule has 0 radical (unpaired) electrons. The Morgan fingerprint density at radius 3 is 2.04 bits per heavy atom. The Kier molecular flexibility index (Phi) is 14.3. The summed E-state index contributed by atoms with van der Waals surface area (Å²) in [6.45, 7) is 33.0. The van der Waals surface area contributed by atoms with E-state index in [4.69, 9.17) is 6.58 Å². The predicted molar refractivity (Wildman–Crippen MR) is 321 cm³/mol. The standard InChI is InChI=1S/C69H63NS.C2H4/c1-11-15-26-46(6)69(51-27-18-17-19-28-51)62-41-38-53(44-60(62)66-63(69)42-40-56-47(7)65(32-16-12-2)71-67(56)66)70(48(8)57(24-13-3)54(14-4)55-29-21-20-25-45(55)5)52-36-33-49(34-37-52)50-35-39-59-58-30-22-23-31-61(58)68(9,10)64(59)43-50;1-2/h11-13,15-44H,2,8,14H2,1,3-7,9-10H3;1-2H2/b15-11-,24-13-,32-16-,46-26+,57-54-;. The van der Waals surface area contributed by atoms with Crippen molar-refractivity contribution in [3.63, 3.8) is 0 Å². The van der Waals surface area contributed by atoms with Crippen LogP contribution in [0.1, 0.15) is 97.3 Å². The highest BCUT2D eigenvalue weighted by molar-refractivity contribution is 7.20. The number of anilines is 2. The van der Waals surface area contributed by atoms with E-state index in [9.17, 15) is 0 Å². The van der Waals surface area contributed by atoms with Gasteiger partial charge in [-0.15, -0.1) is 24.5 Å². The molecule has 0 N–H and O–H groups in total. The van der Waals surface area contributed by atoms with Crippen molar-refractivity contribution in [2.75, 3.05) is 4.90 Å². The van der Waals surface area contributed by atoms with Gasteiger partial charge in [0.25, 0.3) is 0 Å². The molecule has 1 atom stereocenters. The maximum atomic E-state index is 5.06. The normalized spacial score (nSPS) is 15.7. The summed E-state index contributed by atoms with van der Waals surface area (Å²) in [5.74, 6) is 0. The zero-order valence-corrected chi connectivity index (χ0v) is 44.8. The van der Waals surface area contributed by atoms with Gasteiger partial charge in [-0.05, 0) is 161 Å². The molecule has 0 saturated carbocycles. The van der Waals surface area contributed by atoms with Crippen LogP contribution < -0.4 is 4.90 Å². The van der Waals surface area contributed by atoms with Crippen molar-refractivity contribution in [2.24, 2.45) is 0 Å². The first-order chi connectivity index (χ1) is 35.5. The number of hydrogen-bond acceptors (Lipinski definition) is 2. The van der Waals surface area contributed by atoms with Gasteiger partial charge in [-0.1, -0.05) is 203 Å². The lowest BCUT2D eigenvalue weighted by Crippen LogP contribution is -2.28. The minimum absolute atomic E-state index is 0.0808. The lowest BCUT2D eigenvalue weighted by molar-refractivity contribution is 0.660. The molecule has 8 aromatic rings. The van der Waals surface area contributed by atoms with Crippen LogP contribution in [0.15, 0.2) is 237 Å². The molecule has 0 spiro atoms. The van der Waals surface area contributed by atoms with E-state index in [2.05, 4.69) is 274 Å². The predicted octanol–water partition coefficient (Wildman–Crippen LogP) is 20.4. The molecule has 0 fully saturated rings. The van der Waals surface area contributed by atoms with Crippen LogP contribution in [0.4, 0.5) is 11.4 Å². The molecule has 0 saturated heterocycles. The van der Waals surface area contributed by atoms with Crippen LogP contribution >= 0.6 is 11.3 Å². The van der Waals surface area contributed by atoms with Crippen LogP contribution in [0, 0.1) is 13.8 Å². The molecule has 1 heterocycles. The smallest absolute Gasteiger partial charge is 0.0674 e. The molecule has 2 aliphatic rings. The Labute approximate surface area is 439 Å². The van der Waals surface area contributed by atoms with Gasteiger partial charge in [-0.3, -0.25) is 0 Å². The average molecular weight is 966 g/mol. The second-order valence-electron chi connectivity index (χ2n) is 19.6. The second kappa shape index (κ2) is 20.7. The van der Waals surface area contributed by atoms with Crippen LogP contribution in [0.25, 0.3) is 55.1 Å². The molecular weight excluding hydrogens is 899 g/mol. The van der Waals surface area contributed by atoms with E-state index in [1.165, 1.54) is 104 Å². The van der Waals surface area contributed by atoms with Crippen molar-refractivity contribution in [2.45, 2.75) is 72.6 Å². The summed E-state index contributed by atoms with van der Waals surface area (Å²) in [4.78, 5) is 3.65. The molecule has 1 aromatic heterocycles. The maximum Gasteiger partial charge on any atom is 0.0674 e. The molecule has 0 aliphatic heterocycles. The minimum atomic E-state index is -0.529. The number of benzene rings is 7. The largest absolute Gasteiger partial charge is 0.310 e. The Bertz CT molecular complexity index is 3580. The van der Waals surface area contributed by atoms with E-state index in [0.717, 1.165) is 29.1 Å². The zero-order chi connectivity index (χ0) is 51.6. The maximum absolute atomic E-state index is 5.06. The summed E-state index contributed by atoms with van der Waals surface area (Å²) in [6, 6.07) is 56.9. The minimum Gasteiger partial charge on any atom is -0.310 e. The summed E-state index contributed by atoms with van der Waals surface area (Å²) in [5.41, 5.74) is 24.1. The Balaban J connectivity index is 0.00000324. The second-order valence-corrected chi connectivity index (χ2v) is 20.6. The third-order valence-electron chi connectivity index (χ3n) is 15.3. The third kappa shape index (κ3) is 8.38. The van der Waals surface area contributed by atoms with Crippen LogP contribution in [0.2, 0.25) is 0 Å². The molecule has 0 bridgehead atoms. The fourth-order valence-electron chi connectivity index (χ4n) is 11.8.